The van der Waals surface area contributed by atoms with Gasteiger partial charge in [-0.1, -0.05) is 24.0 Å². The van der Waals surface area contributed by atoms with E-state index < -0.39 is 18.5 Å². The van der Waals surface area contributed by atoms with Crippen molar-refractivity contribution in [1.29, 1.82) is 0 Å². The summed E-state index contributed by atoms with van der Waals surface area (Å²) in [5, 5.41) is 20.0. The molecule has 0 saturated carbocycles. The van der Waals surface area contributed by atoms with Crippen molar-refractivity contribution in [1.82, 2.24) is 0 Å². The number of aliphatic hydroxyl groups excluding tert-OH is 2. The van der Waals surface area contributed by atoms with Crippen molar-refractivity contribution in [3.05, 3.63) is 94.1 Å². The molecule has 296 valence electrons. The van der Waals surface area contributed by atoms with Crippen LogP contribution in [0.25, 0.3) is 0 Å². The molecule has 0 bridgehead atoms. The average Bonchev–Trinajstić information content (AvgIpc) is 3.23. The molecule has 56 heavy (non-hydrogen) atoms. The van der Waals surface area contributed by atoms with Gasteiger partial charge in [0.1, 0.15) is 6.61 Å². The predicted octanol–water partition coefficient (Wildman–Crippen LogP) is 5.26. The number of carbonyl (C=O) groups excluding carboxylic acids is 2. The van der Waals surface area contributed by atoms with Crippen molar-refractivity contribution in [3.63, 3.8) is 0 Å². The van der Waals surface area contributed by atoms with Gasteiger partial charge in [-0.3, -0.25) is 0 Å². The Bertz CT molecular complexity index is 2080. The highest BCUT2D eigenvalue weighted by Crippen LogP contribution is 2.40. The fraction of sp³-hybridized carbons (Fsp3) is 0.286. The van der Waals surface area contributed by atoms with Gasteiger partial charge in [0.15, 0.2) is 46.0 Å². The Morgan fingerprint density at radius 1 is 0.500 bits per heavy atom. The van der Waals surface area contributed by atoms with Crippen LogP contribution in [-0.2, 0) is 12.8 Å². The lowest BCUT2D eigenvalue weighted by atomic mass is 9.95. The number of methoxy groups -OCH3 is 8. The lowest BCUT2D eigenvalue weighted by Crippen LogP contribution is -2.11. The van der Waals surface area contributed by atoms with Crippen molar-refractivity contribution in [2.75, 3.05) is 70.1 Å². The first-order chi connectivity index (χ1) is 27.1. The number of carbonyl (C=O) groups is 2. The predicted molar refractivity (Wildman–Crippen MR) is 204 cm³/mol. The minimum atomic E-state index is -0.690. The van der Waals surface area contributed by atoms with Crippen LogP contribution in [0.15, 0.2) is 71.8 Å². The second kappa shape index (κ2) is 20.2. The zero-order valence-corrected chi connectivity index (χ0v) is 32.4. The highest BCUT2D eigenvalue weighted by molar-refractivity contribution is 5.93. The SMILES string of the molecule is COc1cc(C/C(C#CCO)=C(\CO)Cc2ccc(OC(=O)c3cc(OC)c(OC)c(OC)c3)c(OC)c2)ccc1OC(=O)c1cc(OC)c(OC)c(OC)c1. The third-order valence-corrected chi connectivity index (χ3v) is 8.40. The van der Waals surface area contributed by atoms with Crippen molar-refractivity contribution in [3.8, 4) is 69.3 Å². The first-order valence-corrected chi connectivity index (χ1v) is 16.9. The monoisotopic (exact) mass is 772 g/mol. The molecular weight excluding hydrogens is 728 g/mol. The maximum absolute atomic E-state index is 13.2. The fourth-order valence-electron chi connectivity index (χ4n) is 5.64. The van der Waals surface area contributed by atoms with Gasteiger partial charge in [0.2, 0.25) is 11.5 Å². The number of ether oxygens (including phenoxy) is 10. The summed E-state index contributed by atoms with van der Waals surface area (Å²) >= 11 is 0. The summed E-state index contributed by atoms with van der Waals surface area (Å²) in [6, 6.07) is 15.9. The van der Waals surface area contributed by atoms with Gasteiger partial charge < -0.3 is 57.6 Å². The van der Waals surface area contributed by atoms with E-state index >= 15 is 0 Å². The van der Waals surface area contributed by atoms with E-state index in [1.165, 1.54) is 81.1 Å². The zero-order chi connectivity index (χ0) is 40.8. The smallest absolute Gasteiger partial charge is 0.343 e. The van der Waals surface area contributed by atoms with Crippen molar-refractivity contribution >= 4 is 11.9 Å². The molecule has 0 radical (unpaired) electrons. The van der Waals surface area contributed by atoms with Gasteiger partial charge in [0.05, 0.1) is 74.6 Å². The maximum Gasteiger partial charge on any atom is 0.343 e. The largest absolute Gasteiger partial charge is 0.493 e. The molecular formula is C42H44O14. The number of benzene rings is 4. The topological polar surface area (TPSA) is 167 Å². The Morgan fingerprint density at radius 2 is 0.893 bits per heavy atom. The summed E-state index contributed by atoms with van der Waals surface area (Å²) in [6.07, 6.45) is 0.479. The first kappa shape index (κ1) is 42.2. The van der Waals surface area contributed by atoms with Crippen LogP contribution >= 0.6 is 0 Å². The average molecular weight is 773 g/mol. The third kappa shape index (κ3) is 9.94. The lowest BCUT2D eigenvalue weighted by Gasteiger charge is -2.16. The molecule has 0 aromatic heterocycles. The Morgan fingerprint density at radius 3 is 1.23 bits per heavy atom. The van der Waals surface area contributed by atoms with Crippen LogP contribution in [0.4, 0.5) is 0 Å². The number of hydrogen-bond acceptors (Lipinski definition) is 14. The summed E-state index contributed by atoms with van der Waals surface area (Å²) in [6.45, 7) is -0.752. The van der Waals surface area contributed by atoms with Crippen LogP contribution < -0.4 is 47.4 Å². The number of allylic oxidation sites excluding steroid dienone is 1. The van der Waals surface area contributed by atoms with Crippen molar-refractivity contribution in [2.24, 2.45) is 0 Å². The summed E-state index contributed by atoms with van der Waals surface area (Å²) in [5.74, 6) is 6.91. The van der Waals surface area contributed by atoms with E-state index in [-0.39, 0.29) is 76.6 Å². The zero-order valence-electron chi connectivity index (χ0n) is 32.4. The molecule has 4 rings (SSSR count). The standard InChI is InChI=1S/C42H44O14/c1-47-33-18-25(11-13-31(33)55-41(45)28-20-35(49-3)39(53-7)36(21-28)50-4)16-27(10-9-15-43)30(24-44)17-26-12-14-32(34(19-26)48-2)56-42(46)29-22-37(51-5)40(54-8)38(23-29)52-6/h11-14,18-23,43-44H,15-17,24H2,1-8H3/b30-27-. The molecule has 0 aliphatic heterocycles. The summed E-state index contributed by atoms with van der Waals surface area (Å²) in [4.78, 5) is 26.4. The molecule has 0 aliphatic rings. The van der Waals surface area contributed by atoms with E-state index in [1.807, 2.05) is 0 Å². The summed E-state index contributed by atoms with van der Waals surface area (Å²) in [7, 11) is 11.6. The quantitative estimate of drug-likeness (QED) is 0.0810. The third-order valence-electron chi connectivity index (χ3n) is 8.40. The van der Waals surface area contributed by atoms with Crippen LogP contribution in [0.3, 0.4) is 0 Å². The summed E-state index contributed by atoms with van der Waals surface area (Å²) in [5.41, 5.74) is 2.85. The normalized spacial score (nSPS) is 10.9. The molecule has 0 atom stereocenters. The number of esters is 2. The highest BCUT2D eigenvalue weighted by atomic mass is 16.6. The van der Waals surface area contributed by atoms with Gasteiger partial charge in [0.25, 0.3) is 0 Å². The van der Waals surface area contributed by atoms with Crippen molar-refractivity contribution in [2.45, 2.75) is 12.8 Å². The van der Waals surface area contributed by atoms with Gasteiger partial charge in [-0.2, -0.15) is 0 Å². The fourth-order valence-corrected chi connectivity index (χ4v) is 5.64. The van der Waals surface area contributed by atoms with E-state index in [4.69, 9.17) is 47.4 Å². The van der Waals surface area contributed by atoms with Crippen LogP contribution in [0.1, 0.15) is 31.8 Å². The molecule has 4 aromatic rings. The van der Waals surface area contributed by atoms with Crippen LogP contribution in [0, 0.1) is 11.8 Å². The van der Waals surface area contributed by atoms with Crippen LogP contribution in [0.5, 0.6) is 57.5 Å². The molecule has 2 N–H and O–H groups in total. The van der Waals surface area contributed by atoms with Gasteiger partial charge in [-0.15, -0.1) is 0 Å². The number of hydrogen-bond donors (Lipinski definition) is 2. The van der Waals surface area contributed by atoms with Crippen molar-refractivity contribution < 1.29 is 67.2 Å². The molecule has 0 heterocycles. The molecule has 0 amide bonds. The van der Waals surface area contributed by atoms with Crippen LogP contribution in [0.2, 0.25) is 0 Å². The molecule has 0 spiro atoms. The van der Waals surface area contributed by atoms with E-state index in [9.17, 15) is 19.8 Å². The molecule has 0 saturated heterocycles. The molecule has 0 aliphatic carbocycles. The van der Waals surface area contributed by atoms with E-state index in [0.29, 0.717) is 33.8 Å². The first-order valence-electron chi connectivity index (χ1n) is 16.9. The molecule has 14 nitrogen and oxygen atoms in total. The molecule has 0 unspecified atom stereocenters. The number of rotatable bonds is 17. The number of aliphatic hydroxyl groups is 2. The van der Waals surface area contributed by atoms with Gasteiger partial charge in [-0.05, 0) is 71.7 Å². The lowest BCUT2D eigenvalue weighted by molar-refractivity contribution is 0.0719. The van der Waals surface area contributed by atoms with E-state index in [0.717, 1.165) is 0 Å². The second-order valence-electron chi connectivity index (χ2n) is 11.6. The Balaban J connectivity index is 1.58. The Labute approximate surface area is 325 Å². The van der Waals surface area contributed by atoms with Gasteiger partial charge >= 0.3 is 11.9 Å². The van der Waals surface area contributed by atoms with Gasteiger partial charge in [-0.25, -0.2) is 9.59 Å². The van der Waals surface area contributed by atoms with E-state index in [2.05, 4.69) is 11.8 Å². The Hall–Kier alpha value is -6.56. The summed E-state index contributed by atoms with van der Waals surface area (Å²) < 4.78 is 54.6. The van der Waals surface area contributed by atoms with Crippen LogP contribution in [-0.4, -0.2) is 92.2 Å². The molecule has 4 aromatic carbocycles. The Kier molecular flexibility index (Phi) is 15.2. The molecule has 14 heteroatoms. The second-order valence-corrected chi connectivity index (χ2v) is 11.6. The van der Waals surface area contributed by atoms with Gasteiger partial charge in [0, 0.05) is 12.0 Å². The van der Waals surface area contributed by atoms with E-state index in [1.54, 1.807) is 36.4 Å². The minimum absolute atomic E-state index is 0.155. The molecule has 0 fully saturated rings. The highest BCUT2D eigenvalue weighted by Gasteiger charge is 2.22. The maximum atomic E-state index is 13.2. The minimum Gasteiger partial charge on any atom is -0.493 e.